The van der Waals surface area contributed by atoms with E-state index in [0.29, 0.717) is 17.0 Å². The molecule has 0 radical (unpaired) electrons. The standard InChI is InChI=1S/C12H14F3N3O3.C10H10F3N3O3.C8H8F3N3O.CH4/c1-3-21-10-9(19)18(11(20)17(10)2)8-6-7(4-5-16-8)12(13,14)15;1-15-7(17)8(18)16(9(15)19)6-4-5(2-3-14-6)10(11,12)13;1-12-7(15)14-6-4-5(2-3-13-6)8(9,10)11;/h4-6,9-10,19H,3H2,1-2H3;2-4,7-8,17-18H,1H3;2-4H,1H3,(H2,12,13,14,15);1H4. The van der Waals surface area contributed by atoms with Gasteiger partial charge >= 0.3 is 36.6 Å². The smallest absolute Gasteiger partial charge is 0.369 e. The number of pyridine rings is 3. The Balaban J connectivity index is 0.000000292. The molecule has 5 N–H and O–H groups in total. The quantitative estimate of drug-likeness (QED) is 0.224. The van der Waals surface area contributed by atoms with Crippen LogP contribution in [-0.4, -0.2) is 111 Å². The number of ether oxygens (including phenoxy) is 1. The zero-order valence-corrected chi connectivity index (χ0v) is 28.7. The van der Waals surface area contributed by atoms with Gasteiger partial charge in [-0.05, 0) is 43.3 Å². The molecule has 3 aromatic rings. The highest BCUT2D eigenvalue weighted by Crippen LogP contribution is 2.35. The molecule has 5 rings (SSSR count). The maximum absolute atomic E-state index is 12.7. The minimum absolute atomic E-state index is 0. The first-order valence-corrected chi connectivity index (χ1v) is 15.3. The lowest BCUT2D eigenvalue weighted by Gasteiger charge is -2.21. The second-order valence-corrected chi connectivity index (χ2v) is 11.0. The fraction of sp³-hybridized carbons (Fsp3) is 0.419. The fourth-order valence-electron chi connectivity index (χ4n) is 4.59. The second kappa shape index (κ2) is 18.4. The van der Waals surface area contributed by atoms with Crippen LogP contribution in [0.3, 0.4) is 0 Å². The van der Waals surface area contributed by atoms with E-state index in [2.05, 4.69) is 25.6 Å². The van der Waals surface area contributed by atoms with Crippen molar-refractivity contribution in [1.29, 1.82) is 0 Å². The summed E-state index contributed by atoms with van der Waals surface area (Å²) < 4.78 is 118. The lowest BCUT2D eigenvalue weighted by molar-refractivity contribution is -0.138. The Bertz CT molecular complexity index is 1820. The first-order chi connectivity index (χ1) is 25.4. The van der Waals surface area contributed by atoms with Crippen LogP contribution in [0.1, 0.15) is 31.0 Å². The minimum Gasteiger partial charge on any atom is -0.369 e. The van der Waals surface area contributed by atoms with Gasteiger partial charge in [-0.25, -0.2) is 39.1 Å². The molecule has 3 aromatic heterocycles. The predicted octanol–water partition coefficient (Wildman–Crippen LogP) is 4.75. The maximum atomic E-state index is 12.7. The third kappa shape index (κ3) is 11.0. The van der Waals surface area contributed by atoms with Gasteiger partial charge in [0.2, 0.25) is 0 Å². The topological polar surface area (TPSA) is 197 Å². The number of alkyl halides is 9. The van der Waals surface area contributed by atoms with E-state index >= 15 is 0 Å². The number of carbonyl (C=O) groups excluding carboxylic acids is 3. The average molecular weight is 818 g/mol. The maximum Gasteiger partial charge on any atom is 0.416 e. The van der Waals surface area contributed by atoms with Crippen molar-refractivity contribution in [3.05, 3.63) is 71.7 Å². The third-order valence-corrected chi connectivity index (χ3v) is 7.38. The Hall–Kier alpha value is -5.53. The Morgan fingerprint density at radius 1 is 0.714 bits per heavy atom. The molecule has 56 heavy (non-hydrogen) atoms. The molecule has 6 amide bonds. The van der Waals surface area contributed by atoms with E-state index in [4.69, 9.17) is 4.74 Å². The molecule has 0 saturated carbocycles. The van der Waals surface area contributed by atoms with Crippen LogP contribution in [0.4, 0.5) is 71.4 Å². The minimum atomic E-state index is -4.59. The Morgan fingerprint density at radius 2 is 1.12 bits per heavy atom. The van der Waals surface area contributed by atoms with Gasteiger partial charge in [0.05, 0.1) is 16.7 Å². The molecule has 2 fully saturated rings. The molecule has 4 atom stereocenters. The van der Waals surface area contributed by atoms with Crippen molar-refractivity contribution in [3.63, 3.8) is 0 Å². The van der Waals surface area contributed by atoms with Crippen LogP contribution in [0.2, 0.25) is 0 Å². The summed E-state index contributed by atoms with van der Waals surface area (Å²) in [5.41, 5.74) is -2.81. The normalized spacial score (nSPS) is 19.8. The second-order valence-electron chi connectivity index (χ2n) is 11.0. The summed E-state index contributed by atoms with van der Waals surface area (Å²) in [6.07, 6.45) is -16.4. The van der Waals surface area contributed by atoms with Gasteiger partial charge in [-0.2, -0.15) is 39.5 Å². The first kappa shape index (κ1) is 46.6. The average Bonchev–Trinajstić information content (AvgIpc) is 3.45. The number of rotatable bonds is 5. The number of anilines is 3. The predicted molar refractivity (Wildman–Crippen MR) is 177 cm³/mol. The number of aromatic nitrogens is 3. The van der Waals surface area contributed by atoms with Gasteiger partial charge < -0.3 is 25.4 Å². The van der Waals surface area contributed by atoms with Gasteiger partial charge in [0.1, 0.15) is 17.5 Å². The van der Waals surface area contributed by atoms with E-state index in [1.807, 2.05) is 0 Å². The van der Waals surface area contributed by atoms with Crippen LogP contribution in [0.25, 0.3) is 0 Å². The molecular weight excluding hydrogens is 781 g/mol. The molecule has 5 heterocycles. The van der Waals surface area contributed by atoms with Crippen LogP contribution in [0, 0.1) is 0 Å². The molecule has 25 heteroatoms. The summed E-state index contributed by atoms with van der Waals surface area (Å²) in [6.45, 7) is 1.92. The number of carbonyl (C=O) groups is 3. The molecule has 310 valence electrons. The summed E-state index contributed by atoms with van der Waals surface area (Å²) in [6, 6.07) is 2.32. The van der Waals surface area contributed by atoms with Crippen molar-refractivity contribution in [1.82, 2.24) is 30.1 Å². The summed E-state index contributed by atoms with van der Waals surface area (Å²) in [4.78, 5) is 48.7. The molecular formula is C31H36F9N9O7. The number of nitrogens with one attached hydrogen (secondary N) is 2. The van der Waals surface area contributed by atoms with E-state index in [-0.39, 0.29) is 31.5 Å². The summed E-state index contributed by atoms with van der Waals surface area (Å²) in [5.74, 6) is -0.809. The monoisotopic (exact) mass is 817 g/mol. The number of hydrogen-bond donors (Lipinski definition) is 5. The van der Waals surface area contributed by atoms with E-state index in [1.54, 1.807) is 6.92 Å². The summed E-state index contributed by atoms with van der Waals surface area (Å²) >= 11 is 0. The number of amides is 6. The van der Waals surface area contributed by atoms with E-state index in [1.165, 1.54) is 21.1 Å². The van der Waals surface area contributed by atoms with Crippen LogP contribution >= 0.6 is 0 Å². The number of urea groups is 3. The van der Waals surface area contributed by atoms with Gasteiger partial charge in [0, 0.05) is 46.3 Å². The van der Waals surface area contributed by atoms with Gasteiger partial charge in [0.25, 0.3) is 0 Å². The first-order valence-electron chi connectivity index (χ1n) is 15.3. The highest BCUT2D eigenvalue weighted by Gasteiger charge is 2.46. The van der Waals surface area contributed by atoms with Gasteiger partial charge in [0.15, 0.2) is 24.9 Å². The molecule has 2 aliphatic heterocycles. The zero-order valence-electron chi connectivity index (χ0n) is 28.7. The molecule has 2 saturated heterocycles. The summed E-state index contributed by atoms with van der Waals surface area (Å²) in [5, 5.41) is 33.5. The molecule has 16 nitrogen and oxygen atoms in total. The SMILES string of the molecule is C.CCOC1C(O)N(c2cc(C(F)(F)F)ccn2)C(=O)N1C.CN1C(=O)N(c2cc(C(F)(F)F)ccn2)C(O)C1O.CNC(=O)Nc1cc(C(F)(F)F)ccn1. The van der Waals surface area contributed by atoms with Crippen LogP contribution in [0.5, 0.6) is 0 Å². The van der Waals surface area contributed by atoms with Crippen LogP contribution < -0.4 is 20.4 Å². The van der Waals surface area contributed by atoms with Crippen molar-refractivity contribution in [3.8, 4) is 0 Å². The Kier molecular flexibility index (Phi) is 15.3. The Morgan fingerprint density at radius 3 is 1.52 bits per heavy atom. The van der Waals surface area contributed by atoms with Gasteiger partial charge in [-0.3, -0.25) is 15.1 Å². The van der Waals surface area contributed by atoms with E-state index < -0.39 is 78.2 Å². The molecule has 4 unspecified atom stereocenters. The van der Waals surface area contributed by atoms with Crippen molar-refractivity contribution in [2.45, 2.75) is 57.8 Å². The molecule has 0 spiro atoms. The number of hydrogen-bond acceptors (Lipinski definition) is 10. The van der Waals surface area contributed by atoms with Crippen molar-refractivity contribution >= 4 is 35.5 Å². The van der Waals surface area contributed by atoms with Crippen molar-refractivity contribution < 1.29 is 74.0 Å². The Labute approximate surface area is 312 Å². The lowest BCUT2D eigenvalue weighted by atomic mass is 10.2. The van der Waals surface area contributed by atoms with Gasteiger partial charge in [-0.15, -0.1) is 0 Å². The highest BCUT2D eigenvalue weighted by atomic mass is 19.4. The molecule has 0 bridgehead atoms. The molecule has 0 aromatic carbocycles. The van der Waals surface area contributed by atoms with Crippen LogP contribution in [-0.2, 0) is 23.3 Å². The van der Waals surface area contributed by atoms with Crippen LogP contribution in [0.15, 0.2) is 55.0 Å². The number of halogens is 9. The van der Waals surface area contributed by atoms with Crippen molar-refractivity contribution in [2.75, 3.05) is 42.9 Å². The largest absolute Gasteiger partial charge is 0.416 e. The molecule has 0 aliphatic carbocycles. The summed E-state index contributed by atoms with van der Waals surface area (Å²) in [7, 11) is 3.95. The van der Waals surface area contributed by atoms with E-state index in [9.17, 15) is 69.2 Å². The number of likely N-dealkylation sites (N-methyl/N-ethyl adjacent to an activating group) is 2. The fourth-order valence-corrected chi connectivity index (χ4v) is 4.59. The zero-order chi connectivity index (χ0) is 41.6. The third-order valence-electron chi connectivity index (χ3n) is 7.38. The van der Waals surface area contributed by atoms with Crippen molar-refractivity contribution in [2.24, 2.45) is 0 Å². The highest BCUT2D eigenvalue weighted by molar-refractivity contribution is 5.94. The van der Waals surface area contributed by atoms with Gasteiger partial charge in [-0.1, -0.05) is 7.43 Å². The molecule has 2 aliphatic rings. The number of aliphatic hydroxyl groups excluding tert-OH is 3. The lowest BCUT2D eigenvalue weighted by Crippen LogP contribution is -2.38. The van der Waals surface area contributed by atoms with E-state index in [0.717, 1.165) is 57.6 Å². The number of nitrogens with zero attached hydrogens (tertiary/aromatic N) is 7. The number of aliphatic hydroxyl groups is 3.